The summed E-state index contributed by atoms with van der Waals surface area (Å²) in [5.41, 5.74) is 4.69. The highest BCUT2D eigenvalue weighted by Crippen LogP contribution is 2.39. The number of thioether (sulfide) groups is 2. The van der Waals surface area contributed by atoms with Crippen molar-refractivity contribution < 1.29 is 4.79 Å². The van der Waals surface area contributed by atoms with Crippen LogP contribution in [0.25, 0.3) is 22.0 Å². The normalized spacial score (nSPS) is 10.9. The Kier molecular flexibility index (Phi) is 7.07. The summed E-state index contributed by atoms with van der Waals surface area (Å²) in [4.78, 5) is 26.6. The molecule has 9 heteroatoms. The smallest absolute Gasteiger partial charge is 0.306 e. The number of carbonyl (C=O) groups excluding carboxylic acids is 1. The monoisotopic (exact) mass is 495 g/mol. The Labute approximate surface area is 206 Å². The number of halogens is 1. The van der Waals surface area contributed by atoms with Gasteiger partial charge in [-0.15, -0.1) is 23.5 Å². The predicted octanol–water partition coefficient (Wildman–Crippen LogP) is 7.05. The summed E-state index contributed by atoms with van der Waals surface area (Å²) in [5, 5.41) is 8.82. The first-order valence-electron chi connectivity index (χ1n) is 10.1. The summed E-state index contributed by atoms with van der Waals surface area (Å²) in [5.74, 6) is 0.657. The summed E-state index contributed by atoms with van der Waals surface area (Å²) in [6.07, 6.45) is 5.49. The molecule has 6 nitrogen and oxygen atoms in total. The van der Waals surface area contributed by atoms with Crippen molar-refractivity contribution in [2.75, 3.05) is 23.1 Å². The summed E-state index contributed by atoms with van der Waals surface area (Å²) >= 11 is 9.47. The van der Waals surface area contributed by atoms with Crippen molar-refractivity contribution in [2.45, 2.75) is 23.9 Å². The molecule has 0 atom stereocenters. The number of aryl methyl sites for hydroxylation is 2. The predicted molar refractivity (Wildman–Crippen MR) is 140 cm³/mol. The van der Waals surface area contributed by atoms with Gasteiger partial charge in [-0.2, -0.15) is 0 Å². The zero-order valence-electron chi connectivity index (χ0n) is 18.6. The third-order valence-electron chi connectivity index (χ3n) is 4.99. The van der Waals surface area contributed by atoms with Gasteiger partial charge in [0.15, 0.2) is 0 Å². The molecule has 4 aromatic rings. The van der Waals surface area contributed by atoms with E-state index in [0.717, 1.165) is 27.6 Å². The van der Waals surface area contributed by atoms with Gasteiger partial charge in [-0.05, 0) is 44.6 Å². The van der Waals surface area contributed by atoms with Gasteiger partial charge in [-0.3, -0.25) is 4.98 Å². The zero-order chi connectivity index (χ0) is 23.5. The maximum atomic E-state index is 13.1. The second-order valence-corrected chi connectivity index (χ2v) is 9.29. The topological polar surface area (TPSA) is 79.8 Å². The number of nitrogens with zero attached hydrogens (tertiary/aromatic N) is 3. The molecule has 0 saturated carbocycles. The van der Waals surface area contributed by atoms with Crippen molar-refractivity contribution in [1.29, 1.82) is 0 Å². The van der Waals surface area contributed by atoms with Crippen molar-refractivity contribution in [1.82, 2.24) is 15.0 Å². The minimum atomic E-state index is -0.407. The third-order valence-corrected chi connectivity index (χ3v) is 6.69. The second-order valence-electron chi connectivity index (χ2n) is 7.29. The number of carbonyl (C=O) groups is 1. The quantitative estimate of drug-likeness (QED) is 0.228. The highest BCUT2D eigenvalue weighted by atomic mass is 35.5. The van der Waals surface area contributed by atoms with E-state index >= 15 is 0 Å². The Hall–Kier alpha value is -2.81. The van der Waals surface area contributed by atoms with Crippen LogP contribution < -0.4 is 10.6 Å². The molecule has 33 heavy (non-hydrogen) atoms. The van der Waals surface area contributed by atoms with Gasteiger partial charge in [0.1, 0.15) is 21.6 Å². The lowest BCUT2D eigenvalue weighted by atomic mass is 9.98. The molecule has 0 unspecified atom stereocenters. The standard InChI is InChI=1S/C24H22ClN5OS2/c1-13-9-10-18-16(11-13)20(15-7-5-6-8-17(15)25)19(12-26-18)29-24(31)30-21-22(32-3)27-14(2)28-23(21)33-4/h5-12H,1-4H3,(H2,29,30,31). The highest BCUT2D eigenvalue weighted by Gasteiger charge is 2.19. The number of hydrogen-bond donors (Lipinski definition) is 2. The van der Waals surface area contributed by atoms with Gasteiger partial charge in [0.2, 0.25) is 0 Å². The molecule has 0 aliphatic heterocycles. The molecule has 2 N–H and O–H groups in total. The highest BCUT2D eigenvalue weighted by molar-refractivity contribution is 7.99. The van der Waals surface area contributed by atoms with Crippen LogP contribution in [0.3, 0.4) is 0 Å². The summed E-state index contributed by atoms with van der Waals surface area (Å²) in [6, 6.07) is 13.2. The van der Waals surface area contributed by atoms with Crippen molar-refractivity contribution >= 4 is 63.4 Å². The van der Waals surface area contributed by atoms with E-state index < -0.39 is 6.03 Å². The Bertz CT molecular complexity index is 1340. The number of urea groups is 1. The van der Waals surface area contributed by atoms with E-state index in [1.54, 1.807) is 6.20 Å². The molecule has 0 spiro atoms. The molecule has 0 bridgehead atoms. The average Bonchev–Trinajstić information content (AvgIpc) is 2.80. The van der Waals surface area contributed by atoms with Crippen LogP contribution in [0.15, 0.2) is 58.7 Å². The van der Waals surface area contributed by atoms with Gasteiger partial charge in [0.25, 0.3) is 0 Å². The lowest BCUT2D eigenvalue weighted by molar-refractivity contribution is 0.262. The van der Waals surface area contributed by atoms with E-state index in [1.807, 2.05) is 62.8 Å². The third kappa shape index (κ3) is 4.93. The Morgan fingerprint density at radius 2 is 1.67 bits per heavy atom. The number of hydrogen-bond acceptors (Lipinski definition) is 6. The summed E-state index contributed by atoms with van der Waals surface area (Å²) in [6.45, 7) is 3.86. The molecule has 0 aliphatic rings. The van der Waals surface area contributed by atoms with Crippen LogP contribution in [-0.2, 0) is 0 Å². The van der Waals surface area contributed by atoms with E-state index in [2.05, 4.69) is 31.7 Å². The molecule has 0 aliphatic carbocycles. The maximum Gasteiger partial charge on any atom is 0.323 e. The van der Waals surface area contributed by atoms with Crippen LogP contribution in [0.1, 0.15) is 11.4 Å². The molecular formula is C24H22ClN5OS2. The van der Waals surface area contributed by atoms with E-state index in [-0.39, 0.29) is 0 Å². The fraction of sp³-hybridized carbons (Fsp3) is 0.167. The summed E-state index contributed by atoms with van der Waals surface area (Å²) in [7, 11) is 0. The SMILES string of the molecule is CSc1nc(C)nc(SC)c1NC(=O)Nc1cnc2ccc(C)cc2c1-c1ccccc1Cl. The van der Waals surface area contributed by atoms with Crippen molar-refractivity contribution in [3.63, 3.8) is 0 Å². The number of rotatable bonds is 5. The van der Waals surface area contributed by atoms with Crippen molar-refractivity contribution in [2.24, 2.45) is 0 Å². The van der Waals surface area contributed by atoms with Gasteiger partial charge in [0.05, 0.1) is 17.4 Å². The van der Waals surface area contributed by atoms with Crippen LogP contribution in [0.5, 0.6) is 0 Å². The van der Waals surface area contributed by atoms with E-state index in [4.69, 9.17) is 11.6 Å². The number of anilines is 2. The average molecular weight is 496 g/mol. The Morgan fingerprint density at radius 3 is 2.33 bits per heavy atom. The first-order valence-corrected chi connectivity index (χ1v) is 12.9. The molecular weight excluding hydrogens is 474 g/mol. The second kappa shape index (κ2) is 9.99. The van der Waals surface area contributed by atoms with Crippen LogP contribution in [0.2, 0.25) is 5.02 Å². The fourth-order valence-electron chi connectivity index (χ4n) is 3.55. The number of benzene rings is 2. The lowest BCUT2D eigenvalue weighted by Crippen LogP contribution is -2.21. The van der Waals surface area contributed by atoms with Crippen LogP contribution >= 0.6 is 35.1 Å². The van der Waals surface area contributed by atoms with Crippen molar-refractivity contribution in [3.8, 4) is 11.1 Å². The van der Waals surface area contributed by atoms with Gasteiger partial charge < -0.3 is 10.6 Å². The van der Waals surface area contributed by atoms with Crippen LogP contribution in [0.4, 0.5) is 16.2 Å². The zero-order valence-corrected chi connectivity index (χ0v) is 21.0. The Morgan fingerprint density at radius 1 is 0.970 bits per heavy atom. The van der Waals surface area contributed by atoms with E-state index in [1.165, 1.54) is 23.5 Å². The van der Waals surface area contributed by atoms with Gasteiger partial charge in [-0.1, -0.05) is 41.4 Å². The van der Waals surface area contributed by atoms with Crippen LogP contribution in [-0.4, -0.2) is 33.5 Å². The largest absolute Gasteiger partial charge is 0.323 e. The molecule has 2 heterocycles. The molecule has 0 fully saturated rings. The molecule has 2 aromatic carbocycles. The number of nitrogens with one attached hydrogen (secondary N) is 2. The number of fused-ring (bicyclic) bond motifs is 1. The first-order chi connectivity index (χ1) is 15.9. The molecule has 0 radical (unpaired) electrons. The molecule has 2 amide bonds. The molecule has 168 valence electrons. The molecule has 0 saturated heterocycles. The van der Waals surface area contributed by atoms with E-state index in [9.17, 15) is 4.79 Å². The van der Waals surface area contributed by atoms with Gasteiger partial charge >= 0.3 is 6.03 Å². The molecule has 2 aromatic heterocycles. The fourth-order valence-corrected chi connectivity index (χ4v) is 4.99. The minimum absolute atomic E-state index is 0.407. The Balaban J connectivity index is 1.78. The van der Waals surface area contributed by atoms with Crippen LogP contribution in [0, 0.1) is 13.8 Å². The summed E-state index contributed by atoms with van der Waals surface area (Å²) < 4.78 is 0. The minimum Gasteiger partial charge on any atom is -0.306 e. The lowest BCUT2D eigenvalue weighted by Gasteiger charge is -2.17. The number of pyridine rings is 1. The van der Waals surface area contributed by atoms with Gasteiger partial charge in [-0.25, -0.2) is 14.8 Å². The first kappa shape index (κ1) is 23.4. The van der Waals surface area contributed by atoms with Gasteiger partial charge in [0, 0.05) is 21.5 Å². The number of aromatic nitrogens is 3. The maximum absolute atomic E-state index is 13.1. The van der Waals surface area contributed by atoms with E-state index in [0.29, 0.717) is 32.3 Å². The van der Waals surface area contributed by atoms with Crippen molar-refractivity contribution in [3.05, 3.63) is 65.1 Å². The number of amides is 2. The molecule has 4 rings (SSSR count).